The second-order valence-electron chi connectivity index (χ2n) is 4.56. The first-order valence-corrected chi connectivity index (χ1v) is 7.63. The predicted molar refractivity (Wildman–Crippen MR) is 68.2 cm³/mol. The van der Waals surface area contributed by atoms with Crippen LogP contribution in [0.5, 0.6) is 5.75 Å². The molecule has 2 aromatic rings. The Bertz CT molecular complexity index is 677. The predicted octanol–water partition coefficient (Wildman–Crippen LogP) is 2.07. The van der Waals surface area contributed by atoms with Gasteiger partial charge in [0.1, 0.15) is 23.5 Å². The van der Waals surface area contributed by atoms with Crippen LogP contribution in [0.15, 0.2) is 35.1 Å². The Kier molecular flexibility index (Phi) is 3.02. The number of aryl methyl sites for hydroxylation is 2. The van der Waals surface area contributed by atoms with Crippen molar-refractivity contribution in [2.45, 2.75) is 25.0 Å². The van der Waals surface area contributed by atoms with E-state index in [0.717, 1.165) is 19.3 Å². The molecule has 1 aliphatic carbocycles. The van der Waals surface area contributed by atoms with Crippen molar-refractivity contribution in [1.82, 2.24) is 5.16 Å². The van der Waals surface area contributed by atoms with Gasteiger partial charge in [-0.3, -0.25) is 0 Å². The summed E-state index contributed by atoms with van der Waals surface area (Å²) < 4.78 is 33.4. The van der Waals surface area contributed by atoms with Crippen LogP contribution in [-0.4, -0.2) is 13.6 Å². The van der Waals surface area contributed by atoms with E-state index in [1.807, 2.05) is 12.1 Å². The number of hydrogen-bond donors (Lipinski definition) is 0. The van der Waals surface area contributed by atoms with Crippen LogP contribution < -0.4 is 4.18 Å². The zero-order chi connectivity index (χ0) is 13.3. The van der Waals surface area contributed by atoms with Gasteiger partial charge in [-0.25, -0.2) is 0 Å². The van der Waals surface area contributed by atoms with Gasteiger partial charge in [0, 0.05) is 6.07 Å². The third-order valence-electron chi connectivity index (χ3n) is 3.11. The molecule has 0 bridgehead atoms. The monoisotopic (exact) mass is 279 g/mol. The summed E-state index contributed by atoms with van der Waals surface area (Å²) in [6.45, 7) is 0. The van der Waals surface area contributed by atoms with Crippen molar-refractivity contribution in [3.8, 4) is 5.75 Å². The molecule has 1 heterocycles. The van der Waals surface area contributed by atoms with E-state index in [1.165, 1.54) is 23.5 Å². The van der Waals surface area contributed by atoms with Gasteiger partial charge in [0.05, 0.1) is 0 Å². The quantitative estimate of drug-likeness (QED) is 0.801. The molecular weight excluding hydrogens is 266 g/mol. The van der Waals surface area contributed by atoms with E-state index >= 15 is 0 Å². The molecule has 1 aliphatic rings. The van der Waals surface area contributed by atoms with Gasteiger partial charge < -0.3 is 8.71 Å². The lowest BCUT2D eigenvalue weighted by Gasteiger charge is -2.07. The average Bonchev–Trinajstić information content (AvgIpc) is 2.97. The molecule has 0 amide bonds. The summed E-state index contributed by atoms with van der Waals surface area (Å²) in [6.07, 6.45) is 4.49. The Morgan fingerprint density at radius 1 is 1.21 bits per heavy atom. The lowest BCUT2D eigenvalue weighted by molar-refractivity contribution is 0.412. The molecule has 100 valence electrons. The molecule has 0 saturated carbocycles. The molecule has 0 aliphatic heterocycles. The van der Waals surface area contributed by atoms with E-state index < -0.39 is 10.1 Å². The molecule has 1 aromatic carbocycles. The highest BCUT2D eigenvalue weighted by Gasteiger charge is 2.18. The SMILES string of the molecule is O=S(=O)(Cc1ccon1)Oc1ccc2c(c1)CCC2. The van der Waals surface area contributed by atoms with E-state index in [4.69, 9.17) is 4.18 Å². The minimum Gasteiger partial charge on any atom is -0.382 e. The van der Waals surface area contributed by atoms with Crippen LogP contribution in [0.25, 0.3) is 0 Å². The van der Waals surface area contributed by atoms with Gasteiger partial charge in [0.15, 0.2) is 0 Å². The van der Waals surface area contributed by atoms with Gasteiger partial charge in [-0.05, 0) is 42.5 Å². The first-order chi connectivity index (χ1) is 9.12. The molecule has 0 fully saturated rings. The third-order valence-corrected chi connectivity index (χ3v) is 4.20. The standard InChI is InChI=1S/C13H13NO4S/c15-19(16,9-12-6-7-17-14-12)18-13-5-4-10-2-1-3-11(10)8-13/h4-8H,1-3,9H2. The van der Waals surface area contributed by atoms with Gasteiger partial charge in [0.25, 0.3) is 0 Å². The summed E-state index contributed by atoms with van der Waals surface area (Å²) >= 11 is 0. The second kappa shape index (κ2) is 4.70. The van der Waals surface area contributed by atoms with Crippen molar-refractivity contribution < 1.29 is 17.1 Å². The maximum atomic E-state index is 11.9. The summed E-state index contributed by atoms with van der Waals surface area (Å²) in [5, 5.41) is 3.57. The fraction of sp³-hybridized carbons (Fsp3) is 0.308. The van der Waals surface area contributed by atoms with Gasteiger partial charge in [0.2, 0.25) is 0 Å². The zero-order valence-electron chi connectivity index (χ0n) is 10.2. The van der Waals surface area contributed by atoms with E-state index in [1.54, 1.807) is 6.07 Å². The van der Waals surface area contributed by atoms with Crippen LogP contribution in [-0.2, 0) is 28.7 Å². The Balaban J connectivity index is 1.77. The Hall–Kier alpha value is -1.82. The molecule has 5 nitrogen and oxygen atoms in total. The molecule has 0 saturated heterocycles. The highest BCUT2D eigenvalue weighted by atomic mass is 32.2. The van der Waals surface area contributed by atoms with Gasteiger partial charge in [-0.1, -0.05) is 11.2 Å². The minimum absolute atomic E-state index is 0.291. The normalized spacial score (nSPS) is 14.3. The number of benzene rings is 1. The summed E-state index contributed by atoms with van der Waals surface area (Å²) in [6, 6.07) is 6.94. The van der Waals surface area contributed by atoms with Crippen molar-refractivity contribution in [3.63, 3.8) is 0 Å². The van der Waals surface area contributed by atoms with Crippen LogP contribution in [0.3, 0.4) is 0 Å². The van der Waals surface area contributed by atoms with Crippen LogP contribution >= 0.6 is 0 Å². The molecule has 0 unspecified atom stereocenters. The van der Waals surface area contributed by atoms with Gasteiger partial charge in [-0.15, -0.1) is 0 Å². The van der Waals surface area contributed by atoms with Crippen LogP contribution in [0.4, 0.5) is 0 Å². The number of aromatic nitrogens is 1. The molecule has 19 heavy (non-hydrogen) atoms. The topological polar surface area (TPSA) is 69.4 Å². The Morgan fingerprint density at radius 2 is 2.05 bits per heavy atom. The molecule has 0 radical (unpaired) electrons. The highest BCUT2D eigenvalue weighted by molar-refractivity contribution is 7.86. The largest absolute Gasteiger partial charge is 0.382 e. The maximum Gasteiger partial charge on any atom is 0.315 e. The van der Waals surface area contributed by atoms with Crippen molar-refractivity contribution >= 4 is 10.1 Å². The molecule has 0 spiro atoms. The van der Waals surface area contributed by atoms with Crippen LogP contribution in [0.2, 0.25) is 0 Å². The summed E-state index contributed by atoms with van der Waals surface area (Å²) in [5.41, 5.74) is 2.79. The number of fused-ring (bicyclic) bond motifs is 1. The highest BCUT2D eigenvalue weighted by Crippen LogP contribution is 2.27. The number of nitrogens with zero attached hydrogens (tertiary/aromatic N) is 1. The lowest BCUT2D eigenvalue weighted by Crippen LogP contribution is -2.12. The number of hydrogen-bond acceptors (Lipinski definition) is 5. The lowest BCUT2D eigenvalue weighted by atomic mass is 10.1. The third kappa shape index (κ3) is 2.78. The second-order valence-corrected chi connectivity index (χ2v) is 6.13. The van der Waals surface area contributed by atoms with Crippen LogP contribution in [0, 0.1) is 0 Å². The first kappa shape index (κ1) is 12.2. The zero-order valence-corrected chi connectivity index (χ0v) is 11.0. The molecule has 0 N–H and O–H groups in total. The van der Waals surface area contributed by atoms with E-state index in [9.17, 15) is 8.42 Å². The number of rotatable bonds is 4. The fourth-order valence-electron chi connectivity index (χ4n) is 2.27. The Morgan fingerprint density at radius 3 is 2.84 bits per heavy atom. The maximum absolute atomic E-state index is 11.9. The molecule has 1 aromatic heterocycles. The van der Waals surface area contributed by atoms with Crippen molar-refractivity contribution in [1.29, 1.82) is 0 Å². The van der Waals surface area contributed by atoms with Crippen molar-refractivity contribution in [2.24, 2.45) is 0 Å². The van der Waals surface area contributed by atoms with E-state index in [-0.39, 0.29) is 5.75 Å². The average molecular weight is 279 g/mol. The van der Waals surface area contributed by atoms with E-state index in [2.05, 4.69) is 9.68 Å². The minimum atomic E-state index is -3.70. The van der Waals surface area contributed by atoms with Crippen molar-refractivity contribution in [2.75, 3.05) is 0 Å². The first-order valence-electron chi connectivity index (χ1n) is 6.06. The summed E-state index contributed by atoms with van der Waals surface area (Å²) in [7, 11) is -3.70. The molecule has 0 atom stereocenters. The smallest absolute Gasteiger partial charge is 0.315 e. The Labute approximate surface area is 111 Å². The summed E-state index contributed by atoms with van der Waals surface area (Å²) in [5.74, 6) is 0.0739. The molecule has 3 rings (SSSR count). The van der Waals surface area contributed by atoms with Gasteiger partial charge >= 0.3 is 10.1 Å². The fourth-order valence-corrected chi connectivity index (χ4v) is 3.24. The van der Waals surface area contributed by atoms with Crippen molar-refractivity contribution in [3.05, 3.63) is 47.3 Å². The van der Waals surface area contributed by atoms with Gasteiger partial charge in [-0.2, -0.15) is 8.42 Å². The molecular formula is C13H13NO4S. The summed E-state index contributed by atoms with van der Waals surface area (Å²) in [4.78, 5) is 0. The van der Waals surface area contributed by atoms with E-state index in [0.29, 0.717) is 11.4 Å². The van der Waals surface area contributed by atoms with Crippen LogP contribution in [0.1, 0.15) is 23.2 Å². The molecule has 6 heteroatoms.